The number of hydrogen-bond acceptors (Lipinski definition) is 6. The van der Waals surface area contributed by atoms with Gasteiger partial charge in [-0.05, 0) is 43.1 Å². The minimum absolute atomic E-state index is 0.0283. The standard InChI is InChI=1S/C21H29N5O4/c27-18(25-30)10-15(9-14-3-1-2-4-14)20(29)26-12-21(6-7-21)11-16(26)19(28)24-17-5-8-22-13-23-17/h5,8,13-16,30H,1-4,6-7,9-12H2,(H,25,27)(H,22,23,24,28)/t15?,16-/m0/s1. The van der Waals surface area contributed by atoms with E-state index < -0.39 is 17.9 Å². The summed E-state index contributed by atoms with van der Waals surface area (Å²) in [5.74, 6) is -0.677. The van der Waals surface area contributed by atoms with E-state index in [0.29, 0.717) is 31.1 Å². The van der Waals surface area contributed by atoms with Crippen LogP contribution in [0.4, 0.5) is 5.82 Å². The average molecular weight is 415 g/mol. The second-order valence-corrected chi connectivity index (χ2v) is 9.09. The lowest BCUT2D eigenvalue weighted by Gasteiger charge is -2.29. The quantitative estimate of drug-likeness (QED) is 0.461. The molecule has 0 aromatic carbocycles. The molecule has 3 amide bonds. The number of carbonyl (C=O) groups is 3. The minimum Gasteiger partial charge on any atom is -0.330 e. The number of amides is 3. The van der Waals surface area contributed by atoms with Gasteiger partial charge in [0.05, 0.1) is 0 Å². The number of aromatic nitrogens is 2. The lowest BCUT2D eigenvalue weighted by atomic mass is 9.89. The summed E-state index contributed by atoms with van der Waals surface area (Å²) in [4.78, 5) is 48.0. The summed E-state index contributed by atoms with van der Waals surface area (Å²) in [6, 6.07) is 1.04. The summed E-state index contributed by atoms with van der Waals surface area (Å²) in [5.41, 5.74) is 1.69. The van der Waals surface area contributed by atoms with Crippen LogP contribution in [0.25, 0.3) is 0 Å². The lowest BCUT2D eigenvalue weighted by Crippen LogP contribution is -2.46. The van der Waals surface area contributed by atoms with E-state index in [1.54, 1.807) is 22.6 Å². The third-order valence-electron chi connectivity index (χ3n) is 6.88. The number of hydrogen-bond donors (Lipinski definition) is 3. The Bertz CT molecular complexity index is 792. The minimum atomic E-state index is -0.571. The number of anilines is 1. The van der Waals surface area contributed by atoms with E-state index in [-0.39, 0.29) is 23.7 Å². The number of hydroxylamine groups is 1. The highest BCUT2D eigenvalue weighted by atomic mass is 16.5. The fourth-order valence-corrected chi connectivity index (χ4v) is 5.06. The van der Waals surface area contributed by atoms with Gasteiger partial charge in [0.2, 0.25) is 17.7 Å². The Kier molecular flexibility index (Phi) is 5.99. The van der Waals surface area contributed by atoms with E-state index >= 15 is 0 Å². The van der Waals surface area contributed by atoms with Crippen LogP contribution in [0, 0.1) is 17.3 Å². The van der Waals surface area contributed by atoms with Crippen LogP contribution in [0.5, 0.6) is 0 Å². The van der Waals surface area contributed by atoms with Gasteiger partial charge in [0, 0.05) is 25.1 Å². The lowest BCUT2D eigenvalue weighted by molar-refractivity contribution is -0.144. The van der Waals surface area contributed by atoms with Gasteiger partial charge in [-0.3, -0.25) is 19.6 Å². The summed E-state index contributed by atoms with van der Waals surface area (Å²) in [6.45, 7) is 0.551. The summed E-state index contributed by atoms with van der Waals surface area (Å²) in [7, 11) is 0. The van der Waals surface area contributed by atoms with Crippen molar-refractivity contribution in [3.05, 3.63) is 18.6 Å². The molecule has 9 nitrogen and oxygen atoms in total. The smallest absolute Gasteiger partial charge is 0.248 e. The first kappa shape index (κ1) is 20.7. The zero-order chi connectivity index (χ0) is 21.1. The predicted molar refractivity (Wildman–Crippen MR) is 107 cm³/mol. The van der Waals surface area contributed by atoms with Gasteiger partial charge in [0.1, 0.15) is 18.2 Å². The molecule has 162 valence electrons. The van der Waals surface area contributed by atoms with Gasteiger partial charge in [0.15, 0.2) is 0 Å². The molecular formula is C21H29N5O4. The van der Waals surface area contributed by atoms with Gasteiger partial charge in [0.25, 0.3) is 0 Å². The van der Waals surface area contributed by atoms with E-state index in [1.165, 1.54) is 6.33 Å². The van der Waals surface area contributed by atoms with Crippen LogP contribution in [-0.2, 0) is 14.4 Å². The first-order chi connectivity index (χ1) is 14.5. The van der Waals surface area contributed by atoms with Crippen molar-refractivity contribution < 1.29 is 19.6 Å². The molecule has 1 aromatic heterocycles. The Morgan fingerprint density at radius 1 is 1.27 bits per heavy atom. The van der Waals surface area contributed by atoms with E-state index in [1.807, 2.05) is 0 Å². The van der Waals surface area contributed by atoms with Crippen LogP contribution in [0.2, 0.25) is 0 Å². The van der Waals surface area contributed by atoms with Gasteiger partial charge in [-0.15, -0.1) is 0 Å². The number of nitrogens with one attached hydrogen (secondary N) is 2. The van der Waals surface area contributed by atoms with E-state index in [2.05, 4.69) is 15.3 Å². The Labute approximate surface area is 175 Å². The molecule has 0 radical (unpaired) electrons. The third-order valence-corrected chi connectivity index (χ3v) is 6.88. The summed E-state index contributed by atoms with van der Waals surface area (Å²) in [6.07, 6.45) is 10.6. The Balaban J connectivity index is 1.50. The SMILES string of the molecule is O=C(CC(CC1CCCC1)C(=O)N1CC2(CC2)C[C@H]1C(=O)Nc1ccncn1)NO. The average Bonchev–Trinajstić information content (AvgIpc) is 3.13. The molecule has 1 saturated heterocycles. The number of likely N-dealkylation sites (tertiary alicyclic amines) is 1. The number of rotatable bonds is 7. The molecule has 2 atom stereocenters. The largest absolute Gasteiger partial charge is 0.330 e. The van der Waals surface area contributed by atoms with Crippen molar-refractivity contribution in [1.82, 2.24) is 20.3 Å². The summed E-state index contributed by atoms with van der Waals surface area (Å²) < 4.78 is 0. The van der Waals surface area contributed by atoms with Crippen LogP contribution in [0.3, 0.4) is 0 Å². The molecule has 0 bridgehead atoms. The van der Waals surface area contributed by atoms with Crippen molar-refractivity contribution in [2.75, 3.05) is 11.9 Å². The molecule has 3 N–H and O–H groups in total. The number of nitrogens with zero attached hydrogens (tertiary/aromatic N) is 3. The van der Waals surface area contributed by atoms with Crippen molar-refractivity contribution in [3.8, 4) is 0 Å². The topological polar surface area (TPSA) is 125 Å². The van der Waals surface area contributed by atoms with Gasteiger partial charge in [-0.1, -0.05) is 25.7 Å². The molecule has 2 heterocycles. The highest BCUT2D eigenvalue weighted by Gasteiger charge is 2.55. The molecule has 4 rings (SSSR count). The van der Waals surface area contributed by atoms with Crippen LogP contribution in [0.1, 0.15) is 57.8 Å². The second-order valence-electron chi connectivity index (χ2n) is 9.09. The zero-order valence-corrected chi connectivity index (χ0v) is 17.0. The maximum absolute atomic E-state index is 13.5. The van der Waals surface area contributed by atoms with Gasteiger partial charge < -0.3 is 10.2 Å². The molecule has 3 aliphatic rings. The molecule has 1 aromatic rings. The van der Waals surface area contributed by atoms with E-state index in [4.69, 9.17) is 5.21 Å². The van der Waals surface area contributed by atoms with Crippen molar-refractivity contribution >= 4 is 23.5 Å². The maximum Gasteiger partial charge on any atom is 0.248 e. The van der Waals surface area contributed by atoms with Gasteiger partial charge >= 0.3 is 0 Å². The maximum atomic E-state index is 13.5. The fourth-order valence-electron chi connectivity index (χ4n) is 5.06. The molecule has 2 saturated carbocycles. The zero-order valence-electron chi connectivity index (χ0n) is 17.0. The Morgan fingerprint density at radius 2 is 2.03 bits per heavy atom. The highest BCUT2D eigenvalue weighted by molar-refractivity contribution is 5.98. The fraction of sp³-hybridized carbons (Fsp3) is 0.667. The molecule has 9 heteroatoms. The normalized spacial score (nSPS) is 23.4. The van der Waals surface area contributed by atoms with Crippen LogP contribution < -0.4 is 10.8 Å². The second kappa shape index (κ2) is 8.67. The van der Waals surface area contributed by atoms with Crippen LogP contribution in [-0.4, -0.2) is 50.4 Å². The Morgan fingerprint density at radius 3 is 2.67 bits per heavy atom. The van der Waals surface area contributed by atoms with E-state index in [0.717, 1.165) is 38.5 Å². The summed E-state index contributed by atoms with van der Waals surface area (Å²) >= 11 is 0. The van der Waals surface area contributed by atoms with Crippen molar-refractivity contribution in [1.29, 1.82) is 0 Å². The third kappa shape index (κ3) is 4.61. The highest BCUT2D eigenvalue weighted by Crippen LogP contribution is 2.55. The van der Waals surface area contributed by atoms with Gasteiger partial charge in [-0.2, -0.15) is 0 Å². The monoisotopic (exact) mass is 415 g/mol. The van der Waals surface area contributed by atoms with Crippen molar-refractivity contribution in [2.45, 2.75) is 63.8 Å². The molecule has 2 aliphatic carbocycles. The predicted octanol–water partition coefficient (Wildman–Crippen LogP) is 1.89. The first-order valence-corrected chi connectivity index (χ1v) is 10.8. The van der Waals surface area contributed by atoms with Crippen molar-refractivity contribution in [2.24, 2.45) is 17.3 Å². The number of carbonyl (C=O) groups excluding carboxylic acids is 3. The Hall–Kier alpha value is -2.55. The molecule has 1 unspecified atom stereocenters. The molecule has 3 fully saturated rings. The summed E-state index contributed by atoms with van der Waals surface area (Å²) in [5, 5.41) is 11.8. The van der Waals surface area contributed by atoms with Crippen LogP contribution in [0.15, 0.2) is 18.6 Å². The van der Waals surface area contributed by atoms with Crippen molar-refractivity contribution in [3.63, 3.8) is 0 Å². The first-order valence-electron chi connectivity index (χ1n) is 10.8. The van der Waals surface area contributed by atoms with Crippen LogP contribution >= 0.6 is 0 Å². The molecule has 30 heavy (non-hydrogen) atoms. The molecule has 1 aliphatic heterocycles. The van der Waals surface area contributed by atoms with Gasteiger partial charge in [-0.25, -0.2) is 15.4 Å². The molecular weight excluding hydrogens is 386 g/mol. The molecule has 1 spiro atoms. The van der Waals surface area contributed by atoms with E-state index in [9.17, 15) is 14.4 Å².